The molecule has 12 heavy (non-hydrogen) atoms. The minimum Gasteiger partial charge on any atom is -0.168 e. The molecule has 0 bridgehead atoms. The van der Waals surface area contributed by atoms with Crippen molar-refractivity contribution in [3.8, 4) is 0 Å². The Morgan fingerprint density at radius 1 is 1.17 bits per heavy atom. The fourth-order valence-electron chi connectivity index (χ4n) is 1.56. The van der Waals surface area contributed by atoms with Crippen LogP contribution in [0.5, 0.6) is 0 Å². The van der Waals surface area contributed by atoms with E-state index in [0.29, 0.717) is 0 Å². The summed E-state index contributed by atoms with van der Waals surface area (Å²) in [6.07, 6.45) is 3.76. The highest BCUT2D eigenvalue weighted by Gasteiger charge is 2.34. The maximum absolute atomic E-state index is 4.68. The van der Waals surface area contributed by atoms with E-state index < -0.39 is 0 Å². The van der Waals surface area contributed by atoms with Crippen LogP contribution in [0.4, 0.5) is 0 Å². The average Bonchev–Trinajstić information content (AvgIpc) is 2.02. The fraction of sp³-hybridized carbons (Fsp3) is 0.400. The van der Waals surface area contributed by atoms with Crippen LogP contribution >= 0.6 is 28.6 Å². The molecular formula is C10H11BrS. The van der Waals surface area contributed by atoms with E-state index in [2.05, 4.69) is 52.8 Å². The Morgan fingerprint density at radius 3 is 2.17 bits per heavy atom. The molecule has 0 N–H and O–H groups in total. The molecule has 0 aromatic heterocycles. The van der Waals surface area contributed by atoms with Gasteiger partial charge in [-0.15, -0.1) is 0 Å². The average molecular weight is 243 g/mol. The molecule has 1 fully saturated rings. The Morgan fingerprint density at radius 2 is 1.75 bits per heavy atom. The number of benzene rings is 1. The van der Waals surface area contributed by atoms with Crippen LogP contribution in [0.2, 0.25) is 0 Å². The molecule has 0 aliphatic heterocycles. The van der Waals surface area contributed by atoms with Gasteiger partial charge < -0.3 is 0 Å². The zero-order valence-electron chi connectivity index (χ0n) is 6.76. The topological polar surface area (TPSA) is 0 Å². The molecule has 0 heterocycles. The zero-order valence-corrected chi connectivity index (χ0v) is 9.24. The van der Waals surface area contributed by atoms with Crippen molar-refractivity contribution in [2.24, 2.45) is 0 Å². The quantitative estimate of drug-likeness (QED) is 0.713. The van der Waals surface area contributed by atoms with Crippen molar-refractivity contribution < 1.29 is 0 Å². The van der Waals surface area contributed by atoms with Gasteiger partial charge >= 0.3 is 0 Å². The van der Waals surface area contributed by atoms with Gasteiger partial charge in [-0.3, -0.25) is 0 Å². The predicted octanol–water partition coefficient (Wildman–Crippen LogP) is 3.76. The molecule has 0 radical (unpaired) electrons. The van der Waals surface area contributed by atoms with Gasteiger partial charge in [0.1, 0.15) is 0 Å². The summed E-state index contributed by atoms with van der Waals surface area (Å²) in [7, 11) is 0. The first-order chi connectivity index (χ1) is 5.71. The highest BCUT2D eigenvalue weighted by atomic mass is 79.9. The molecular weight excluding hydrogens is 232 g/mol. The SMILES string of the molecule is SC1(c2ccc(Br)cc2)CCC1. The maximum Gasteiger partial charge on any atom is 0.0378 e. The summed E-state index contributed by atoms with van der Waals surface area (Å²) in [5, 5.41) is 0. The van der Waals surface area contributed by atoms with Crippen LogP contribution in [0, 0.1) is 0 Å². The molecule has 0 saturated heterocycles. The third-order valence-corrected chi connectivity index (χ3v) is 3.80. The lowest BCUT2D eigenvalue weighted by Gasteiger charge is -2.37. The van der Waals surface area contributed by atoms with Crippen LogP contribution in [0.25, 0.3) is 0 Å². The van der Waals surface area contributed by atoms with Crippen molar-refractivity contribution in [3.63, 3.8) is 0 Å². The molecule has 1 aromatic carbocycles. The van der Waals surface area contributed by atoms with Gasteiger partial charge in [-0.25, -0.2) is 0 Å². The first-order valence-electron chi connectivity index (χ1n) is 4.19. The van der Waals surface area contributed by atoms with Gasteiger partial charge in [0.15, 0.2) is 0 Å². The Hall–Kier alpha value is 0.0500. The molecule has 1 aliphatic carbocycles. The van der Waals surface area contributed by atoms with E-state index >= 15 is 0 Å². The van der Waals surface area contributed by atoms with Crippen LogP contribution in [-0.2, 0) is 4.75 Å². The van der Waals surface area contributed by atoms with Crippen molar-refractivity contribution in [2.75, 3.05) is 0 Å². The number of thiol groups is 1. The number of hydrogen-bond donors (Lipinski definition) is 1. The second-order valence-electron chi connectivity index (χ2n) is 3.39. The molecule has 2 rings (SSSR count). The van der Waals surface area contributed by atoms with Crippen molar-refractivity contribution in [3.05, 3.63) is 34.3 Å². The molecule has 64 valence electrons. The largest absolute Gasteiger partial charge is 0.168 e. The lowest BCUT2D eigenvalue weighted by atomic mass is 9.79. The Bertz CT molecular complexity index is 274. The van der Waals surface area contributed by atoms with E-state index in [1.54, 1.807) is 0 Å². The summed E-state index contributed by atoms with van der Waals surface area (Å²) in [6, 6.07) is 8.50. The van der Waals surface area contributed by atoms with Crippen LogP contribution in [0.3, 0.4) is 0 Å². The van der Waals surface area contributed by atoms with Crippen molar-refractivity contribution in [2.45, 2.75) is 24.0 Å². The van der Waals surface area contributed by atoms with Gasteiger partial charge in [0.2, 0.25) is 0 Å². The lowest BCUT2D eigenvalue weighted by Crippen LogP contribution is -2.27. The van der Waals surface area contributed by atoms with Crippen LogP contribution in [0.15, 0.2) is 28.7 Å². The van der Waals surface area contributed by atoms with Crippen molar-refractivity contribution in [1.82, 2.24) is 0 Å². The van der Waals surface area contributed by atoms with Crippen molar-refractivity contribution >= 4 is 28.6 Å². The molecule has 0 nitrogen and oxygen atoms in total. The third kappa shape index (κ3) is 1.42. The minimum absolute atomic E-state index is 0.181. The summed E-state index contributed by atoms with van der Waals surface area (Å²) in [5.41, 5.74) is 1.36. The van der Waals surface area contributed by atoms with Gasteiger partial charge in [0.25, 0.3) is 0 Å². The van der Waals surface area contributed by atoms with Gasteiger partial charge in [0, 0.05) is 9.22 Å². The zero-order chi connectivity index (χ0) is 8.60. The van der Waals surface area contributed by atoms with Crippen LogP contribution in [-0.4, -0.2) is 0 Å². The highest BCUT2D eigenvalue weighted by molar-refractivity contribution is 9.10. The van der Waals surface area contributed by atoms with E-state index in [0.717, 1.165) is 4.47 Å². The summed E-state index contributed by atoms with van der Waals surface area (Å²) in [5.74, 6) is 0. The molecule has 0 amide bonds. The third-order valence-electron chi connectivity index (χ3n) is 2.56. The molecule has 2 heteroatoms. The predicted molar refractivity (Wildman–Crippen MR) is 58.7 cm³/mol. The number of halogens is 1. The smallest absolute Gasteiger partial charge is 0.0378 e. The Labute approximate surface area is 86.9 Å². The first-order valence-corrected chi connectivity index (χ1v) is 5.43. The molecule has 0 spiro atoms. The second-order valence-corrected chi connectivity index (χ2v) is 5.16. The lowest BCUT2D eigenvalue weighted by molar-refractivity contribution is 0.376. The van der Waals surface area contributed by atoms with Crippen molar-refractivity contribution in [1.29, 1.82) is 0 Å². The molecule has 1 saturated carbocycles. The van der Waals surface area contributed by atoms with Crippen LogP contribution < -0.4 is 0 Å². The Kier molecular flexibility index (Phi) is 2.21. The summed E-state index contributed by atoms with van der Waals surface area (Å²) < 4.78 is 1.32. The molecule has 1 aromatic rings. The normalized spacial score (nSPS) is 20.2. The van der Waals surface area contributed by atoms with Gasteiger partial charge in [-0.1, -0.05) is 34.5 Å². The second kappa shape index (κ2) is 3.08. The number of hydrogen-bond acceptors (Lipinski definition) is 1. The van der Waals surface area contributed by atoms with E-state index in [1.165, 1.54) is 24.8 Å². The van der Waals surface area contributed by atoms with Crippen LogP contribution in [0.1, 0.15) is 24.8 Å². The van der Waals surface area contributed by atoms with E-state index in [4.69, 9.17) is 0 Å². The molecule has 1 aliphatic rings. The monoisotopic (exact) mass is 242 g/mol. The highest BCUT2D eigenvalue weighted by Crippen LogP contribution is 2.46. The molecule has 0 unspecified atom stereocenters. The minimum atomic E-state index is 0.181. The summed E-state index contributed by atoms with van der Waals surface area (Å²) in [4.78, 5) is 0. The Balaban J connectivity index is 2.28. The first kappa shape index (κ1) is 8.64. The summed E-state index contributed by atoms with van der Waals surface area (Å²) >= 11 is 8.11. The molecule has 0 atom stereocenters. The van der Waals surface area contributed by atoms with Gasteiger partial charge in [-0.2, -0.15) is 12.6 Å². The fourth-order valence-corrected chi connectivity index (χ4v) is 2.29. The maximum atomic E-state index is 4.68. The van der Waals surface area contributed by atoms with Gasteiger partial charge in [0.05, 0.1) is 0 Å². The van der Waals surface area contributed by atoms with Gasteiger partial charge in [-0.05, 0) is 30.5 Å². The van der Waals surface area contributed by atoms with E-state index in [9.17, 15) is 0 Å². The standard InChI is InChI=1S/C10H11BrS/c11-9-4-2-8(3-5-9)10(12)6-1-7-10/h2-5,12H,1,6-7H2. The number of rotatable bonds is 1. The van der Waals surface area contributed by atoms with E-state index in [1.807, 2.05) is 0 Å². The summed E-state index contributed by atoms with van der Waals surface area (Å²) in [6.45, 7) is 0. The van der Waals surface area contributed by atoms with E-state index in [-0.39, 0.29) is 4.75 Å².